The van der Waals surface area contributed by atoms with Crippen LogP contribution in [0.25, 0.3) is 0 Å². The molecule has 1 saturated carbocycles. The number of rotatable bonds is 7. The van der Waals surface area contributed by atoms with Gasteiger partial charge in [-0.25, -0.2) is 0 Å². The van der Waals surface area contributed by atoms with Crippen molar-refractivity contribution in [1.82, 2.24) is 5.32 Å². The van der Waals surface area contributed by atoms with Crippen molar-refractivity contribution in [3.63, 3.8) is 0 Å². The van der Waals surface area contributed by atoms with Crippen LogP contribution in [0.1, 0.15) is 71.6 Å². The fourth-order valence-electron chi connectivity index (χ4n) is 2.86. The summed E-state index contributed by atoms with van der Waals surface area (Å²) in [6.45, 7) is 4.84. The highest BCUT2D eigenvalue weighted by Crippen LogP contribution is 2.27. The number of hydrogen-bond acceptors (Lipinski definition) is 2. The lowest BCUT2D eigenvalue weighted by atomic mass is 9.86. The monoisotopic (exact) mass is 254 g/mol. The molecule has 18 heavy (non-hydrogen) atoms. The van der Waals surface area contributed by atoms with E-state index in [1.54, 1.807) is 0 Å². The van der Waals surface area contributed by atoms with Crippen molar-refractivity contribution in [2.24, 2.45) is 11.7 Å². The molecule has 1 atom stereocenters. The summed E-state index contributed by atoms with van der Waals surface area (Å²) < 4.78 is 0. The van der Waals surface area contributed by atoms with Crippen LogP contribution in [0.3, 0.4) is 0 Å². The van der Waals surface area contributed by atoms with Gasteiger partial charge in [0.2, 0.25) is 5.91 Å². The molecule has 0 aliphatic heterocycles. The predicted molar refractivity (Wildman–Crippen MR) is 76.3 cm³/mol. The van der Waals surface area contributed by atoms with Gasteiger partial charge in [0.25, 0.3) is 0 Å². The molecule has 0 aromatic heterocycles. The second-order valence-electron chi connectivity index (χ2n) is 6.04. The zero-order chi connectivity index (χ0) is 13.4. The smallest absolute Gasteiger partial charge is 0.220 e. The highest BCUT2D eigenvalue weighted by atomic mass is 16.1. The molecule has 3 N–H and O–H groups in total. The normalized spacial score (nSPS) is 20.4. The second kappa shape index (κ2) is 7.78. The van der Waals surface area contributed by atoms with Crippen molar-refractivity contribution in [2.45, 2.75) is 77.2 Å². The van der Waals surface area contributed by atoms with Crippen molar-refractivity contribution in [2.75, 3.05) is 6.54 Å². The van der Waals surface area contributed by atoms with Crippen LogP contribution in [0.4, 0.5) is 0 Å². The van der Waals surface area contributed by atoms with Crippen LogP contribution >= 0.6 is 0 Å². The van der Waals surface area contributed by atoms with E-state index in [0.717, 1.165) is 25.2 Å². The van der Waals surface area contributed by atoms with Gasteiger partial charge in [-0.1, -0.05) is 39.0 Å². The molecule has 1 aliphatic carbocycles. The van der Waals surface area contributed by atoms with Crippen molar-refractivity contribution in [3.8, 4) is 0 Å². The van der Waals surface area contributed by atoms with E-state index >= 15 is 0 Å². The number of amides is 1. The number of carbonyl (C=O) groups is 1. The van der Waals surface area contributed by atoms with E-state index in [9.17, 15) is 4.79 Å². The Morgan fingerprint density at radius 3 is 2.56 bits per heavy atom. The highest BCUT2D eigenvalue weighted by molar-refractivity contribution is 5.76. The SMILES string of the molecule is CCC(C)(CCN)NC(=O)CCC1CCCCC1. The standard InChI is InChI=1S/C15H30N2O/c1-3-15(2,11-12-16)17-14(18)10-9-13-7-5-4-6-8-13/h13H,3-12,16H2,1-2H3,(H,17,18). The maximum atomic E-state index is 12.0. The number of hydrogen-bond donors (Lipinski definition) is 2. The van der Waals surface area contributed by atoms with Crippen LogP contribution < -0.4 is 11.1 Å². The van der Waals surface area contributed by atoms with Gasteiger partial charge >= 0.3 is 0 Å². The van der Waals surface area contributed by atoms with Gasteiger partial charge in [0.1, 0.15) is 0 Å². The average molecular weight is 254 g/mol. The second-order valence-corrected chi connectivity index (χ2v) is 6.04. The third-order valence-corrected chi connectivity index (χ3v) is 4.42. The number of nitrogens with one attached hydrogen (secondary N) is 1. The zero-order valence-electron chi connectivity index (χ0n) is 12.1. The van der Waals surface area contributed by atoms with Gasteiger partial charge < -0.3 is 11.1 Å². The molecular weight excluding hydrogens is 224 g/mol. The topological polar surface area (TPSA) is 55.1 Å². The van der Waals surface area contributed by atoms with E-state index in [4.69, 9.17) is 5.73 Å². The molecule has 0 aromatic rings. The van der Waals surface area contributed by atoms with E-state index in [1.165, 1.54) is 32.1 Å². The third kappa shape index (κ3) is 5.38. The van der Waals surface area contributed by atoms with E-state index in [0.29, 0.717) is 13.0 Å². The molecule has 3 nitrogen and oxygen atoms in total. The molecule has 0 bridgehead atoms. The van der Waals surface area contributed by atoms with Crippen LogP contribution in [-0.4, -0.2) is 18.0 Å². The Morgan fingerprint density at radius 2 is 2.00 bits per heavy atom. The molecule has 1 amide bonds. The minimum Gasteiger partial charge on any atom is -0.351 e. The molecule has 0 saturated heterocycles. The molecule has 0 aromatic carbocycles. The highest BCUT2D eigenvalue weighted by Gasteiger charge is 2.23. The van der Waals surface area contributed by atoms with Crippen LogP contribution in [0.15, 0.2) is 0 Å². The van der Waals surface area contributed by atoms with Crippen LogP contribution in [-0.2, 0) is 4.79 Å². The Bertz CT molecular complexity index is 249. The summed E-state index contributed by atoms with van der Waals surface area (Å²) in [7, 11) is 0. The first-order valence-electron chi connectivity index (χ1n) is 7.60. The van der Waals surface area contributed by atoms with Crippen molar-refractivity contribution >= 4 is 5.91 Å². The van der Waals surface area contributed by atoms with Crippen LogP contribution in [0.2, 0.25) is 0 Å². The lowest BCUT2D eigenvalue weighted by Gasteiger charge is -2.30. The number of nitrogens with two attached hydrogens (primary N) is 1. The van der Waals surface area contributed by atoms with Crippen molar-refractivity contribution in [1.29, 1.82) is 0 Å². The molecule has 1 rings (SSSR count). The largest absolute Gasteiger partial charge is 0.351 e. The van der Waals surface area contributed by atoms with Gasteiger partial charge in [-0.05, 0) is 38.6 Å². The molecular formula is C15H30N2O. The molecule has 106 valence electrons. The molecule has 1 aliphatic rings. The average Bonchev–Trinajstić information content (AvgIpc) is 2.38. The first-order chi connectivity index (χ1) is 8.59. The lowest BCUT2D eigenvalue weighted by Crippen LogP contribution is -2.46. The summed E-state index contributed by atoms with van der Waals surface area (Å²) in [4.78, 5) is 12.0. The Morgan fingerprint density at radius 1 is 1.33 bits per heavy atom. The van der Waals surface area contributed by atoms with Crippen LogP contribution in [0, 0.1) is 5.92 Å². The van der Waals surface area contributed by atoms with E-state index in [1.807, 2.05) is 0 Å². The summed E-state index contributed by atoms with van der Waals surface area (Å²) in [6.07, 6.45) is 10.3. The zero-order valence-corrected chi connectivity index (χ0v) is 12.1. The summed E-state index contributed by atoms with van der Waals surface area (Å²) in [5.74, 6) is 0.991. The predicted octanol–water partition coefficient (Wildman–Crippen LogP) is 2.98. The van der Waals surface area contributed by atoms with Gasteiger partial charge in [0.05, 0.1) is 0 Å². The minimum atomic E-state index is -0.113. The van der Waals surface area contributed by atoms with Crippen LogP contribution in [0.5, 0.6) is 0 Å². The summed E-state index contributed by atoms with van der Waals surface area (Å²) >= 11 is 0. The summed E-state index contributed by atoms with van der Waals surface area (Å²) in [5.41, 5.74) is 5.49. The van der Waals surface area contributed by atoms with Gasteiger partial charge in [0, 0.05) is 12.0 Å². The van der Waals surface area contributed by atoms with E-state index in [-0.39, 0.29) is 11.4 Å². The molecule has 0 heterocycles. The number of carbonyl (C=O) groups excluding carboxylic acids is 1. The Kier molecular flexibility index (Phi) is 6.69. The first-order valence-corrected chi connectivity index (χ1v) is 7.60. The molecule has 3 heteroatoms. The maximum absolute atomic E-state index is 12.0. The maximum Gasteiger partial charge on any atom is 0.220 e. The fourth-order valence-corrected chi connectivity index (χ4v) is 2.86. The van der Waals surface area contributed by atoms with Gasteiger partial charge in [-0.2, -0.15) is 0 Å². The quantitative estimate of drug-likeness (QED) is 0.734. The summed E-state index contributed by atoms with van der Waals surface area (Å²) in [6, 6.07) is 0. The van der Waals surface area contributed by atoms with Crippen molar-refractivity contribution < 1.29 is 4.79 Å². The first kappa shape index (κ1) is 15.5. The van der Waals surface area contributed by atoms with Gasteiger partial charge in [-0.15, -0.1) is 0 Å². The fraction of sp³-hybridized carbons (Fsp3) is 0.933. The third-order valence-electron chi connectivity index (χ3n) is 4.42. The molecule has 0 radical (unpaired) electrons. The Labute approximate surface area is 112 Å². The molecule has 1 fully saturated rings. The minimum absolute atomic E-state index is 0.113. The summed E-state index contributed by atoms with van der Waals surface area (Å²) in [5, 5.41) is 3.16. The van der Waals surface area contributed by atoms with E-state index in [2.05, 4.69) is 19.2 Å². The van der Waals surface area contributed by atoms with E-state index < -0.39 is 0 Å². The lowest BCUT2D eigenvalue weighted by molar-refractivity contribution is -0.123. The van der Waals surface area contributed by atoms with Gasteiger partial charge in [-0.3, -0.25) is 4.79 Å². The Hall–Kier alpha value is -0.570. The van der Waals surface area contributed by atoms with Crippen molar-refractivity contribution in [3.05, 3.63) is 0 Å². The molecule has 1 unspecified atom stereocenters. The Balaban J connectivity index is 2.27. The van der Waals surface area contributed by atoms with Gasteiger partial charge in [0.15, 0.2) is 0 Å². The molecule has 0 spiro atoms.